The Hall–Kier alpha value is -0.860. The second-order valence-corrected chi connectivity index (χ2v) is 4.56. The van der Waals surface area contributed by atoms with E-state index in [4.69, 9.17) is 0 Å². The van der Waals surface area contributed by atoms with E-state index in [1.165, 1.54) is 24.8 Å². The number of hydrogen-bond donors (Lipinski definition) is 2. The zero-order valence-electron chi connectivity index (χ0n) is 10.2. The fourth-order valence-electron chi connectivity index (χ4n) is 2.35. The Bertz CT molecular complexity index is 334. The molecule has 0 amide bonds. The molecule has 2 rings (SSSR count). The maximum Gasteiger partial charge on any atom is 0.00767 e. The molecule has 2 heteroatoms. The summed E-state index contributed by atoms with van der Waals surface area (Å²) in [5.74, 6) is 0. The maximum atomic E-state index is 3.44. The molecule has 1 aromatic rings. The first-order chi connectivity index (χ1) is 7.90. The first kappa shape index (κ1) is 11.6. The molecule has 1 aromatic carbocycles. The smallest absolute Gasteiger partial charge is 0.00767 e. The van der Waals surface area contributed by atoms with Crippen LogP contribution in [0.15, 0.2) is 18.2 Å². The molecular formula is C14H22N2. The van der Waals surface area contributed by atoms with Crippen LogP contribution >= 0.6 is 0 Å². The Morgan fingerprint density at radius 3 is 2.81 bits per heavy atom. The quantitative estimate of drug-likeness (QED) is 0.708. The summed E-state index contributed by atoms with van der Waals surface area (Å²) in [4.78, 5) is 0. The molecule has 1 aliphatic rings. The lowest BCUT2D eigenvalue weighted by Gasteiger charge is -2.06. The molecule has 0 heterocycles. The van der Waals surface area contributed by atoms with Gasteiger partial charge < -0.3 is 10.6 Å². The SMILES string of the molecule is CNCCNCCc1ccc2c(c1)CCC2. The predicted molar refractivity (Wildman–Crippen MR) is 69.0 cm³/mol. The standard InChI is InChI=1S/C14H22N2/c1-15-9-10-16-8-7-12-5-6-13-3-2-4-14(13)11-12/h5-6,11,15-16H,2-4,7-10H2,1H3. The van der Waals surface area contributed by atoms with E-state index in [-0.39, 0.29) is 0 Å². The van der Waals surface area contributed by atoms with Gasteiger partial charge in [-0.1, -0.05) is 18.2 Å². The fraction of sp³-hybridized carbons (Fsp3) is 0.571. The highest BCUT2D eigenvalue weighted by Gasteiger charge is 2.10. The fourth-order valence-corrected chi connectivity index (χ4v) is 2.35. The van der Waals surface area contributed by atoms with Crippen molar-refractivity contribution in [3.05, 3.63) is 34.9 Å². The maximum absolute atomic E-state index is 3.44. The van der Waals surface area contributed by atoms with Crippen molar-refractivity contribution in [2.24, 2.45) is 0 Å². The van der Waals surface area contributed by atoms with Crippen molar-refractivity contribution < 1.29 is 0 Å². The van der Waals surface area contributed by atoms with Crippen molar-refractivity contribution in [2.75, 3.05) is 26.7 Å². The monoisotopic (exact) mass is 218 g/mol. The molecule has 1 aliphatic carbocycles. The lowest BCUT2D eigenvalue weighted by molar-refractivity contribution is 0.649. The van der Waals surface area contributed by atoms with E-state index < -0.39 is 0 Å². The van der Waals surface area contributed by atoms with E-state index >= 15 is 0 Å². The first-order valence-corrected chi connectivity index (χ1v) is 6.36. The average Bonchev–Trinajstić information content (AvgIpc) is 2.76. The van der Waals surface area contributed by atoms with E-state index in [9.17, 15) is 0 Å². The number of benzene rings is 1. The Morgan fingerprint density at radius 1 is 1.06 bits per heavy atom. The van der Waals surface area contributed by atoms with Crippen molar-refractivity contribution >= 4 is 0 Å². The van der Waals surface area contributed by atoms with Gasteiger partial charge in [0.1, 0.15) is 0 Å². The van der Waals surface area contributed by atoms with Crippen molar-refractivity contribution in [1.29, 1.82) is 0 Å². The minimum absolute atomic E-state index is 1.05. The van der Waals surface area contributed by atoms with Gasteiger partial charge in [0.2, 0.25) is 0 Å². The lowest BCUT2D eigenvalue weighted by atomic mass is 10.0. The number of likely N-dealkylation sites (N-methyl/N-ethyl adjacent to an activating group) is 1. The van der Waals surface area contributed by atoms with E-state index in [0.29, 0.717) is 0 Å². The molecule has 16 heavy (non-hydrogen) atoms. The first-order valence-electron chi connectivity index (χ1n) is 6.36. The van der Waals surface area contributed by atoms with Crippen molar-refractivity contribution in [3.63, 3.8) is 0 Å². The highest BCUT2D eigenvalue weighted by molar-refractivity contribution is 5.35. The van der Waals surface area contributed by atoms with Gasteiger partial charge in [-0.05, 0) is 56.0 Å². The topological polar surface area (TPSA) is 24.1 Å². The lowest BCUT2D eigenvalue weighted by Crippen LogP contribution is -2.26. The third kappa shape index (κ3) is 3.06. The van der Waals surface area contributed by atoms with Crippen LogP contribution in [0.25, 0.3) is 0 Å². The summed E-state index contributed by atoms with van der Waals surface area (Å²) in [6.45, 7) is 3.19. The Labute approximate surface area is 98.4 Å². The van der Waals surface area contributed by atoms with E-state index in [2.05, 4.69) is 28.8 Å². The minimum atomic E-state index is 1.05. The molecule has 0 atom stereocenters. The Balaban J connectivity index is 1.77. The molecule has 0 aromatic heterocycles. The highest BCUT2D eigenvalue weighted by Crippen LogP contribution is 2.22. The number of hydrogen-bond acceptors (Lipinski definition) is 2. The van der Waals surface area contributed by atoms with Gasteiger partial charge in [-0.15, -0.1) is 0 Å². The summed E-state index contributed by atoms with van der Waals surface area (Å²) in [5.41, 5.74) is 4.65. The molecule has 88 valence electrons. The van der Waals surface area contributed by atoms with Gasteiger partial charge in [0.25, 0.3) is 0 Å². The van der Waals surface area contributed by atoms with Crippen LogP contribution in [0.1, 0.15) is 23.1 Å². The van der Waals surface area contributed by atoms with E-state index in [1.54, 1.807) is 11.1 Å². The molecule has 0 fully saturated rings. The summed E-state index contributed by atoms with van der Waals surface area (Å²) in [7, 11) is 1.99. The largest absolute Gasteiger partial charge is 0.318 e. The summed E-state index contributed by atoms with van der Waals surface area (Å²) in [5, 5.41) is 6.58. The summed E-state index contributed by atoms with van der Waals surface area (Å²) in [6, 6.07) is 7.03. The molecule has 0 spiro atoms. The van der Waals surface area contributed by atoms with Crippen LogP contribution in [0.5, 0.6) is 0 Å². The number of aryl methyl sites for hydroxylation is 2. The van der Waals surface area contributed by atoms with E-state index in [1.807, 2.05) is 7.05 Å². The van der Waals surface area contributed by atoms with Crippen LogP contribution in [0.3, 0.4) is 0 Å². The van der Waals surface area contributed by atoms with Gasteiger partial charge in [0.15, 0.2) is 0 Å². The number of nitrogens with one attached hydrogen (secondary N) is 2. The molecule has 0 bridgehead atoms. The minimum Gasteiger partial charge on any atom is -0.318 e. The third-order valence-electron chi connectivity index (χ3n) is 3.31. The highest BCUT2D eigenvalue weighted by atomic mass is 14.9. The van der Waals surface area contributed by atoms with Gasteiger partial charge in [0.05, 0.1) is 0 Å². The normalized spacial score (nSPS) is 14.1. The Kier molecular flexibility index (Phi) is 4.37. The van der Waals surface area contributed by atoms with Crippen LogP contribution in [0, 0.1) is 0 Å². The molecule has 0 radical (unpaired) electrons. The molecular weight excluding hydrogens is 196 g/mol. The molecule has 0 unspecified atom stereocenters. The zero-order valence-corrected chi connectivity index (χ0v) is 10.2. The number of fused-ring (bicyclic) bond motifs is 1. The van der Waals surface area contributed by atoms with Gasteiger partial charge in [-0.3, -0.25) is 0 Å². The third-order valence-corrected chi connectivity index (χ3v) is 3.31. The molecule has 2 nitrogen and oxygen atoms in total. The average molecular weight is 218 g/mol. The second-order valence-electron chi connectivity index (χ2n) is 4.56. The van der Waals surface area contributed by atoms with Crippen LogP contribution in [-0.2, 0) is 19.3 Å². The van der Waals surface area contributed by atoms with Gasteiger partial charge in [-0.25, -0.2) is 0 Å². The van der Waals surface area contributed by atoms with Crippen molar-refractivity contribution in [3.8, 4) is 0 Å². The number of rotatable bonds is 6. The zero-order chi connectivity index (χ0) is 11.2. The van der Waals surface area contributed by atoms with E-state index in [0.717, 1.165) is 26.1 Å². The van der Waals surface area contributed by atoms with Crippen LogP contribution in [0.4, 0.5) is 0 Å². The molecule has 2 N–H and O–H groups in total. The van der Waals surface area contributed by atoms with Gasteiger partial charge >= 0.3 is 0 Å². The van der Waals surface area contributed by atoms with Crippen LogP contribution < -0.4 is 10.6 Å². The molecule has 0 aliphatic heterocycles. The molecule has 0 saturated heterocycles. The second kappa shape index (κ2) is 6.02. The van der Waals surface area contributed by atoms with Crippen molar-refractivity contribution in [1.82, 2.24) is 10.6 Å². The Morgan fingerprint density at radius 2 is 1.94 bits per heavy atom. The predicted octanol–water partition coefficient (Wildman–Crippen LogP) is 1.53. The summed E-state index contributed by atoms with van der Waals surface area (Å²) < 4.78 is 0. The molecule has 0 saturated carbocycles. The summed E-state index contributed by atoms with van der Waals surface area (Å²) >= 11 is 0. The summed E-state index contributed by atoms with van der Waals surface area (Å²) in [6.07, 6.45) is 5.07. The van der Waals surface area contributed by atoms with Gasteiger partial charge in [0, 0.05) is 13.1 Å². The van der Waals surface area contributed by atoms with Crippen LogP contribution in [-0.4, -0.2) is 26.7 Å². The van der Waals surface area contributed by atoms with Gasteiger partial charge in [-0.2, -0.15) is 0 Å². The van der Waals surface area contributed by atoms with Crippen molar-refractivity contribution in [2.45, 2.75) is 25.7 Å². The van der Waals surface area contributed by atoms with Crippen LogP contribution in [0.2, 0.25) is 0 Å².